The highest BCUT2D eigenvalue weighted by Gasteiger charge is 2.01. The molecular weight excluding hydrogens is 162 g/mol. The molecule has 0 spiro atoms. The first-order chi connectivity index (χ1) is 6.15. The lowest BCUT2D eigenvalue weighted by atomic mass is 10.4. The van der Waals surface area contributed by atoms with Gasteiger partial charge in [0.1, 0.15) is 6.04 Å². The van der Waals surface area contributed by atoms with Gasteiger partial charge in [0.25, 0.3) is 0 Å². The van der Waals surface area contributed by atoms with Crippen LogP contribution < -0.4 is 0 Å². The van der Waals surface area contributed by atoms with Crippen LogP contribution in [0.25, 0.3) is 0 Å². The standard InChI is InChI=1S/C7H9N3.C3H8/c1-6-4-9-10(5-6)7(2)3-8;1-3-2/h4-5,7H,1-2H3;3H2,1-2H3. The molecule has 3 heteroatoms. The highest BCUT2D eigenvalue weighted by molar-refractivity contribution is 5.02. The molecule has 0 N–H and O–H groups in total. The summed E-state index contributed by atoms with van der Waals surface area (Å²) in [5, 5.41) is 12.5. The van der Waals surface area contributed by atoms with Gasteiger partial charge in [-0.25, -0.2) is 0 Å². The second kappa shape index (κ2) is 6.24. The van der Waals surface area contributed by atoms with Crippen molar-refractivity contribution >= 4 is 0 Å². The summed E-state index contributed by atoms with van der Waals surface area (Å²) in [4.78, 5) is 0. The van der Waals surface area contributed by atoms with Gasteiger partial charge in [-0.05, 0) is 19.4 Å². The lowest BCUT2D eigenvalue weighted by Gasteiger charge is -1.99. The fraction of sp³-hybridized carbons (Fsp3) is 0.600. The largest absolute Gasteiger partial charge is 0.256 e. The van der Waals surface area contributed by atoms with Crippen LogP contribution in [0.5, 0.6) is 0 Å². The summed E-state index contributed by atoms with van der Waals surface area (Å²) in [7, 11) is 0. The molecule has 0 aliphatic carbocycles. The summed E-state index contributed by atoms with van der Waals surface area (Å²) in [6.07, 6.45) is 4.85. The minimum atomic E-state index is -0.159. The van der Waals surface area contributed by atoms with Crippen molar-refractivity contribution in [1.82, 2.24) is 9.78 Å². The van der Waals surface area contributed by atoms with Crippen molar-refractivity contribution in [3.63, 3.8) is 0 Å². The number of aromatic nitrogens is 2. The molecule has 3 nitrogen and oxygen atoms in total. The number of nitrogens with zero attached hydrogens (tertiary/aromatic N) is 3. The van der Waals surface area contributed by atoms with Gasteiger partial charge < -0.3 is 0 Å². The Balaban J connectivity index is 0.000000424. The molecule has 0 aliphatic heterocycles. The van der Waals surface area contributed by atoms with E-state index < -0.39 is 0 Å². The van der Waals surface area contributed by atoms with E-state index >= 15 is 0 Å². The molecule has 0 bridgehead atoms. The molecule has 1 heterocycles. The Hall–Kier alpha value is -1.30. The molecule has 0 fully saturated rings. The van der Waals surface area contributed by atoms with Crippen LogP contribution >= 0.6 is 0 Å². The first-order valence-electron chi connectivity index (χ1n) is 4.56. The zero-order chi connectivity index (χ0) is 10.3. The third-order valence-electron chi connectivity index (χ3n) is 1.31. The van der Waals surface area contributed by atoms with E-state index in [0.717, 1.165) is 5.56 Å². The van der Waals surface area contributed by atoms with Crippen molar-refractivity contribution in [1.29, 1.82) is 5.26 Å². The minimum Gasteiger partial charge on any atom is -0.256 e. The SMILES string of the molecule is CCC.Cc1cnn(C(C)C#N)c1. The number of aryl methyl sites for hydroxylation is 1. The van der Waals surface area contributed by atoms with Crippen LogP contribution in [0.2, 0.25) is 0 Å². The van der Waals surface area contributed by atoms with E-state index in [1.54, 1.807) is 10.9 Å². The predicted octanol–water partition coefficient (Wildman–Crippen LogP) is 2.69. The summed E-state index contributed by atoms with van der Waals surface area (Å²) < 4.78 is 1.65. The van der Waals surface area contributed by atoms with E-state index in [1.807, 2.05) is 20.0 Å². The molecule has 13 heavy (non-hydrogen) atoms. The van der Waals surface area contributed by atoms with Gasteiger partial charge in [-0.1, -0.05) is 20.3 Å². The zero-order valence-corrected chi connectivity index (χ0v) is 8.78. The van der Waals surface area contributed by atoms with Gasteiger partial charge in [0, 0.05) is 6.20 Å². The molecule has 1 atom stereocenters. The summed E-state index contributed by atoms with van der Waals surface area (Å²) in [5.41, 5.74) is 1.09. The summed E-state index contributed by atoms with van der Waals surface area (Å²) in [6.45, 7) is 8.01. The summed E-state index contributed by atoms with van der Waals surface area (Å²) in [6, 6.07) is 1.94. The molecule has 0 aliphatic rings. The zero-order valence-electron chi connectivity index (χ0n) is 8.78. The smallest absolute Gasteiger partial charge is 0.135 e. The van der Waals surface area contributed by atoms with E-state index in [-0.39, 0.29) is 6.04 Å². The lowest BCUT2D eigenvalue weighted by Crippen LogP contribution is -2.01. The van der Waals surface area contributed by atoms with Crippen LogP contribution in [0.4, 0.5) is 0 Å². The molecule has 0 saturated heterocycles. The van der Waals surface area contributed by atoms with E-state index in [4.69, 9.17) is 5.26 Å². The second-order valence-corrected chi connectivity index (χ2v) is 3.01. The average Bonchev–Trinajstić information content (AvgIpc) is 2.52. The van der Waals surface area contributed by atoms with Gasteiger partial charge >= 0.3 is 0 Å². The number of hydrogen-bond donors (Lipinski definition) is 0. The van der Waals surface area contributed by atoms with Gasteiger partial charge in [-0.2, -0.15) is 10.4 Å². The first kappa shape index (κ1) is 11.7. The number of nitriles is 1. The Morgan fingerprint density at radius 2 is 2.15 bits per heavy atom. The van der Waals surface area contributed by atoms with Crippen LogP contribution in [0, 0.1) is 18.3 Å². The van der Waals surface area contributed by atoms with Gasteiger partial charge in [-0.3, -0.25) is 4.68 Å². The Kier molecular flexibility index (Phi) is 5.62. The van der Waals surface area contributed by atoms with Gasteiger partial charge in [-0.15, -0.1) is 0 Å². The monoisotopic (exact) mass is 179 g/mol. The van der Waals surface area contributed by atoms with Crippen LogP contribution in [-0.4, -0.2) is 9.78 Å². The molecule has 0 radical (unpaired) electrons. The predicted molar refractivity (Wildman–Crippen MR) is 53.3 cm³/mol. The van der Waals surface area contributed by atoms with E-state index in [0.29, 0.717) is 0 Å². The fourth-order valence-electron chi connectivity index (χ4n) is 0.704. The maximum absolute atomic E-state index is 8.49. The third kappa shape index (κ3) is 4.32. The van der Waals surface area contributed by atoms with Gasteiger partial charge in [0.05, 0.1) is 12.3 Å². The van der Waals surface area contributed by atoms with Crippen molar-refractivity contribution in [2.45, 2.75) is 40.2 Å². The molecule has 0 amide bonds. The maximum atomic E-state index is 8.49. The molecule has 0 aromatic carbocycles. The molecule has 1 aromatic heterocycles. The molecule has 0 saturated carbocycles. The summed E-state index contributed by atoms with van der Waals surface area (Å²) >= 11 is 0. The van der Waals surface area contributed by atoms with Crippen molar-refractivity contribution in [2.75, 3.05) is 0 Å². The van der Waals surface area contributed by atoms with Gasteiger partial charge in [0.15, 0.2) is 0 Å². The second-order valence-electron chi connectivity index (χ2n) is 3.01. The summed E-state index contributed by atoms with van der Waals surface area (Å²) in [5.74, 6) is 0. The highest BCUT2D eigenvalue weighted by Crippen LogP contribution is 2.02. The Labute approximate surface area is 80.0 Å². The Morgan fingerprint density at radius 1 is 1.62 bits per heavy atom. The van der Waals surface area contributed by atoms with Crippen molar-refractivity contribution in [2.24, 2.45) is 0 Å². The van der Waals surface area contributed by atoms with Crippen LogP contribution in [0.15, 0.2) is 12.4 Å². The molecule has 1 aromatic rings. The van der Waals surface area contributed by atoms with Crippen molar-refractivity contribution < 1.29 is 0 Å². The van der Waals surface area contributed by atoms with E-state index in [2.05, 4.69) is 25.0 Å². The Morgan fingerprint density at radius 3 is 2.46 bits per heavy atom. The maximum Gasteiger partial charge on any atom is 0.135 e. The van der Waals surface area contributed by atoms with Crippen LogP contribution in [0.1, 0.15) is 38.8 Å². The number of hydrogen-bond acceptors (Lipinski definition) is 2. The average molecular weight is 179 g/mol. The topological polar surface area (TPSA) is 41.6 Å². The minimum absolute atomic E-state index is 0.159. The molecular formula is C10H17N3. The third-order valence-corrected chi connectivity index (χ3v) is 1.31. The molecule has 72 valence electrons. The quantitative estimate of drug-likeness (QED) is 0.665. The normalized spacial score (nSPS) is 11.0. The lowest BCUT2D eigenvalue weighted by molar-refractivity contribution is 0.591. The molecule has 1 unspecified atom stereocenters. The molecule has 1 rings (SSSR count). The Bertz CT molecular complexity index is 270. The fourth-order valence-corrected chi connectivity index (χ4v) is 0.704. The van der Waals surface area contributed by atoms with E-state index in [9.17, 15) is 0 Å². The van der Waals surface area contributed by atoms with Crippen molar-refractivity contribution in [3.05, 3.63) is 18.0 Å². The highest BCUT2D eigenvalue weighted by atomic mass is 15.3. The first-order valence-corrected chi connectivity index (χ1v) is 4.56. The van der Waals surface area contributed by atoms with E-state index in [1.165, 1.54) is 6.42 Å². The van der Waals surface area contributed by atoms with Crippen LogP contribution in [-0.2, 0) is 0 Å². The van der Waals surface area contributed by atoms with Crippen LogP contribution in [0.3, 0.4) is 0 Å². The number of rotatable bonds is 1. The van der Waals surface area contributed by atoms with Crippen molar-refractivity contribution in [3.8, 4) is 6.07 Å². The van der Waals surface area contributed by atoms with Gasteiger partial charge in [0.2, 0.25) is 0 Å².